The van der Waals surface area contributed by atoms with Crippen LogP contribution in [0.1, 0.15) is 39.3 Å². The molecular weight excluding hydrogens is 532 g/mol. The Morgan fingerprint density at radius 2 is 1.80 bits per heavy atom. The van der Waals surface area contributed by atoms with Crippen LogP contribution >= 0.6 is 11.6 Å². The van der Waals surface area contributed by atoms with Crippen LogP contribution in [0.2, 0.25) is 0 Å². The number of carbonyl (C=O) groups is 2. The summed E-state index contributed by atoms with van der Waals surface area (Å²) < 4.78 is 8.80. The lowest BCUT2D eigenvalue weighted by atomic mass is 9.85. The van der Waals surface area contributed by atoms with Crippen LogP contribution in [0.3, 0.4) is 0 Å². The van der Waals surface area contributed by atoms with Gasteiger partial charge in [-0.1, -0.05) is 50.2 Å². The number of likely N-dealkylation sites (N-methyl/N-ethyl adjacent to an activating group) is 1. The Hall–Kier alpha value is -3.63. The number of para-hydroxylation sites is 1. The number of amides is 2. The zero-order valence-electron chi connectivity index (χ0n) is 24.5. The molecule has 11 heteroatoms. The molecule has 0 saturated carbocycles. The van der Waals surface area contributed by atoms with Gasteiger partial charge in [-0.2, -0.15) is 0 Å². The number of allylic oxidation sites excluding steroid dienone is 2. The number of hydrogen-bond donors (Lipinski definition) is 2. The maximum Gasteiger partial charge on any atom is 0.295 e. The molecule has 0 aliphatic carbocycles. The minimum Gasteiger partial charge on any atom is -0.477 e. The second kappa shape index (κ2) is 14.7. The number of nitrogens with one attached hydrogen (secondary N) is 2. The monoisotopic (exact) mass is 572 g/mol. The van der Waals surface area contributed by atoms with E-state index in [-0.39, 0.29) is 52.5 Å². The molecule has 2 amide bonds. The summed E-state index contributed by atoms with van der Waals surface area (Å²) >= 11 is 5.94. The van der Waals surface area contributed by atoms with Crippen LogP contribution in [0, 0.1) is 5.41 Å². The van der Waals surface area contributed by atoms with Crippen molar-refractivity contribution in [1.29, 1.82) is 0 Å². The normalized spacial score (nSPS) is 12.4. The van der Waals surface area contributed by atoms with Crippen molar-refractivity contribution in [2.45, 2.75) is 40.0 Å². The third-order valence-electron chi connectivity index (χ3n) is 6.01. The third-order valence-corrected chi connectivity index (χ3v) is 6.12. The van der Waals surface area contributed by atoms with E-state index in [1.54, 1.807) is 30.4 Å². The molecule has 0 atom stereocenters. The fourth-order valence-corrected chi connectivity index (χ4v) is 4.38. The first-order chi connectivity index (χ1) is 18.8. The summed E-state index contributed by atoms with van der Waals surface area (Å²) in [7, 11) is 7.25. The fourth-order valence-electron chi connectivity index (χ4n) is 4.27. The van der Waals surface area contributed by atoms with Crippen LogP contribution in [0.15, 0.2) is 63.5 Å². The number of carbonyl (C=O) groups excluding carboxylic acids is 2. The molecule has 2 rings (SSSR count). The van der Waals surface area contributed by atoms with Crippen LogP contribution in [0.5, 0.6) is 0 Å². The molecule has 1 aromatic heterocycles. The smallest absolute Gasteiger partial charge is 0.295 e. The predicted octanol–water partition coefficient (Wildman–Crippen LogP) is 3.84. The van der Waals surface area contributed by atoms with E-state index in [1.165, 1.54) is 6.08 Å². The van der Waals surface area contributed by atoms with Crippen molar-refractivity contribution in [3.8, 4) is 5.69 Å². The molecule has 2 aromatic rings. The largest absolute Gasteiger partial charge is 0.477 e. The number of aliphatic imine (C=N–C) groups is 1. The number of ether oxygens (including phenoxy) is 1. The molecule has 2 N–H and O–H groups in total. The highest BCUT2D eigenvalue weighted by atomic mass is 35.5. The summed E-state index contributed by atoms with van der Waals surface area (Å²) in [6, 6.07) is 9.27. The lowest BCUT2D eigenvalue weighted by Gasteiger charge is -2.24. The van der Waals surface area contributed by atoms with Gasteiger partial charge in [-0.05, 0) is 44.6 Å². The second-order valence-corrected chi connectivity index (χ2v) is 10.9. The molecule has 10 nitrogen and oxygen atoms in total. The summed E-state index contributed by atoms with van der Waals surface area (Å²) in [6.45, 7) is 10.1. The van der Waals surface area contributed by atoms with E-state index >= 15 is 0 Å². The topological polar surface area (TPSA) is 110 Å². The zero-order chi connectivity index (χ0) is 30.0. The fraction of sp³-hybridized carbons (Fsp3) is 0.448. The van der Waals surface area contributed by atoms with Crippen LogP contribution in [0.4, 0.5) is 5.69 Å². The number of anilines is 1. The van der Waals surface area contributed by atoms with E-state index < -0.39 is 5.41 Å². The Morgan fingerprint density at radius 1 is 1.18 bits per heavy atom. The van der Waals surface area contributed by atoms with Gasteiger partial charge in [0.15, 0.2) is 0 Å². The average Bonchev–Trinajstić information content (AvgIpc) is 3.08. The Morgan fingerprint density at radius 3 is 2.35 bits per heavy atom. The number of hydrogen-bond acceptors (Lipinski definition) is 6. The van der Waals surface area contributed by atoms with E-state index in [0.717, 1.165) is 0 Å². The highest BCUT2D eigenvalue weighted by Crippen LogP contribution is 2.26. The molecule has 0 saturated heterocycles. The molecule has 218 valence electrons. The van der Waals surface area contributed by atoms with Gasteiger partial charge in [-0.3, -0.25) is 24.1 Å². The highest BCUT2D eigenvalue weighted by Gasteiger charge is 2.28. The van der Waals surface area contributed by atoms with Gasteiger partial charge in [0.2, 0.25) is 17.7 Å². The van der Waals surface area contributed by atoms with E-state index in [4.69, 9.17) is 16.3 Å². The Bertz CT molecular complexity index is 1320. The maximum atomic E-state index is 13.5. The van der Waals surface area contributed by atoms with Gasteiger partial charge in [0.05, 0.1) is 18.0 Å². The second-order valence-electron chi connectivity index (χ2n) is 10.4. The van der Waals surface area contributed by atoms with Gasteiger partial charge in [0.25, 0.3) is 5.56 Å². The molecule has 1 heterocycles. The lowest BCUT2D eigenvalue weighted by molar-refractivity contribution is -0.123. The summed E-state index contributed by atoms with van der Waals surface area (Å²) in [5, 5.41) is 5.81. The molecule has 0 spiro atoms. The Labute approximate surface area is 241 Å². The SMILES string of the molecule is C=C(Cl)/C=C(NC(=O)CC(C)(C)CC(=O)Nc1c(CCN(C)C)n(C)n(-c2ccccc2)c1=O)\C(=N/C)OCC. The van der Waals surface area contributed by atoms with Crippen LogP contribution < -0.4 is 16.2 Å². The van der Waals surface area contributed by atoms with Crippen molar-refractivity contribution < 1.29 is 14.3 Å². The first-order valence-electron chi connectivity index (χ1n) is 13.1. The molecule has 40 heavy (non-hydrogen) atoms. The predicted molar refractivity (Wildman–Crippen MR) is 161 cm³/mol. The van der Waals surface area contributed by atoms with Gasteiger partial charge in [-0.25, -0.2) is 4.68 Å². The van der Waals surface area contributed by atoms with E-state index in [2.05, 4.69) is 22.2 Å². The number of nitrogens with zero attached hydrogens (tertiary/aromatic N) is 4. The molecule has 0 radical (unpaired) electrons. The maximum absolute atomic E-state index is 13.5. The third kappa shape index (κ3) is 9.24. The standard InChI is InChI=1S/C29H41ClN6O4/c1-9-40-27(31-5)22(17-20(2)30)32-24(37)18-29(3,4)19-25(38)33-26-23(15-16-34(6)7)35(8)36(28(26)39)21-13-11-10-12-14-21/h10-14,17H,2,9,15-16,18-19H2,1,3-8H3,(H,32,37)(H,33,38)/b22-17+,31-27+. The summed E-state index contributed by atoms with van der Waals surface area (Å²) in [5.41, 5.74) is 0.887. The Kier molecular flexibility index (Phi) is 11.9. The molecule has 0 aliphatic heterocycles. The Balaban J connectivity index is 2.25. The summed E-state index contributed by atoms with van der Waals surface area (Å²) in [5.74, 6) is -0.486. The van der Waals surface area contributed by atoms with Crippen molar-refractivity contribution in [1.82, 2.24) is 19.6 Å². The molecular formula is C29H41ClN6O4. The summed E-state index contributed by atoms with van der Waals surface area (Å²) in [4.78, 5) is 45.7. The average molecular weight is 573 g/mol. The molecule has 0 bridgehead atoms. The van der Waals surface area contributed by atoms with Crippen molar-refractivity contribution in [3.05, 3.63) is 69.8 Å². The number of halogens is 1. The number of benzene rings is 1. The zero-order valence-corrected chi connectivity index (χ0v) is 25.3. The van der Waals surface area contributed by atoms with E-state index in [0.29, 0.717) is 31.0 Å². The molecule has 1 aromatic carbocycles. The minimum atomic E-state index is -0.733. The first-order valence-corrected chi connectivity index (χ1v) is 13.4. The molecule has 0 fully saturated rings. The van der Waals surface area contributed by atoms with Crippen LogP contribution in [-0.4, -0.2) is 66.3 Å². The summed E-state index contributed by atoms with van der Waals surface area (Å²) in [6.07, 6.45) is 2.04. The molecule has 0 aliphatic rings. The first kappa shape index (κ1) is 32.6. The van der Waals surface area contributed by atoms with Crippen molar-refractivity contribution in [2.24, 2.45) is 17.5 Å². The van der Waals surface area contributed by atoms with Gasteiger partial charge in [0, 0.05) is 44.9 Å². The van der Waals surface area contributed by atoms with E-state index in [1.807, 2.05) is 63.2 Å². The molecule has 0 unspecified atom stereocenters. The number of aromatic nitrogens is 2. The highest BCUT2D eigenvalue weighted by molar-refractivity contribution is 6.31. The van der Waals surface area contributed by atoms with Gasteiger partial charge in [0.1, 0.15) is 11.4 Å². The van der Waals surface area contributed by atoms with Crippen molar-refractivity contribution in [3.63, 3.8) is 0 Å². The van der Waals surface area contributed by atoms with Crippen LogP contribution in [-0.2, 0) is 27.8 Å². The van der Waals surface area contributed by atoms with Gasteiger partial charge < -0.3 is 20.3 Å². The van der Waals surface area contributed by atoms with Crippen molar-refractivity contribution in [2.75, 3.05) is 39.6 Å². The van der Waals surface area contributed by atoms with E-state index in [9.17, 15) is 14.4 Å². The lowest BCUT2D eigenvalue weighted by Crippen LogP contribution is -2.34. The van der Waals surface area contributed by atoms with Gasteiger partial charge >= 0.3 is 0 Å². The van der Waals surface area contributed by atoms with Gasteiger partial charge in [-0.15, -0.1) is 0 Å². The number of rotatable bonds is 13. The quantitative estimate of drug-likeness (QED) is 0.215. The van der Waals surface area contributed by atoms with Crippen LogP contribution in [0.25, 0.3) is 5.69 Å². The minimum absolute atomic E-state index is 0.00859. The van der Waals surface area contributed by atoms with Crippen molar-refractivity contribution >= 4 is 35.0 Å².